The number of aliphatic imine (C=N–C) groups is 1. The molecule has 3 aliphatic rings. The number of amides is 3. The molecule has 7 heteroatoms. The van der Waals surface area contributed by atoms with Crippen LogP contribution in [-0.4, -0.2) is 28.4 Å². The van der Waals surface area contributed by atoms with Crippen LogP contribution in [0.1, 0.15) is 56.7 Å². The van der Waals surface area contributed by atoms with Crippen LogP contribution in [0.2, 0.25) is 0 Å². The molecule has 1 atom stereocenters. The second-order valence-corrected chi connectivity index (χ2v) is 9.02. The molecule has 0 aliphatic carbocycles. The van der Waals surface area contributed by atoms with Crippen LogP contribution in [0, 0.1) is 6.92 Å². The molecule has 0 saturated carbocycles. The van der Waals surface area contributed by atoms with Crippen molar-refractivity contribution in [1.82, 2.24) is 5.32 Å². The van der Waals surface area contributed by atoms with E-state index in [4.69, 9.17) is 0 Å². The number of nitrogens with one attached hydrogen (secondary N) is 1. The summed E-state index contributed by atoms with van der Waals surface area (Å²) in [5, 5.41) is 2.76. The molecule has 0 bridgehead atoms. The second kappa shape index (κ2) is 5.79. The van der Waals surface area contributed by atoms with Crippen LogP contribution in [-0.2, 0) is 14.4 Å². The van der Waals surface area contributed by atoms with E-state index in [1.54, 1.807) is 0 Å². The van der Waals surface area contributed by atoms with Gasteiger partial charge in [-0.15, -0.1) is 0 Å². The molecular formula is C20H21N3O3S. The summed E-state index contributed by atoms with van der Waals surface area (Å²) in [6, 6.07) is 4.10. The zero-order valence-electron chi connectivity index (χ0n) is 16.0. The van der Waals surface area contributed by atoms with Gasteiger partial charge in [-0.2, -0.15) is 4.99 Å². The summed E-state index contributed by atoms with van der Waals surface area (Å²) < 4.78 is 0. The number of aryl methyl sites for hydroxylation is 1. The van der Waals surface area contributed by atoms with Crippen LogP contribution in [0.3, 0.4) is 0 Å². The number of rotatable bonds is 0. The normalized spacial score (nSPS) is 25.6. The van der Waals surface area contributed by atoms with Gasteiger partial charge in [0.05, 0.1) is 16.2 Å². The van der Waals surface area contributed by atoms with Crippen molar-refractivity contribution in [2.75, 3.05) is 4.90 Å². The fourth-order valence-corrected chi connectivity index (χ4v) is 5.32. The Kier molecular flexibility index (Phi) is 3.86. The third kappa shape index (κ3) is 2.64. The van der Waals surface area contributed by atoms with Crippen molar-refractivity contribution in [2.45, 2.75) is 52.5 Å². The van der Waals surface area contributed by atoms with Crippen molar-refractivity contribution in [3.05, 3.63) is 33.7 Å². The number of hydrogen-bond donors (Lipinski definition) is 1. The van der Waals surface area contributed by atoms with Crippen molar-refractivity contribution in [3.8, 4) is 0 Å². The predicted octanol–water partition coefficient (Wildman–Crippen LogP) is 3.10. The number of carbonyl (C=O) groups excluding carboxylic acids is 3. The molecular weight excluding hydrogens is 362 g/mol. The monoisotopic (exact) mass is 383 g/mol. The van der Waals surface area contributed by atoms with Gasteiger partial charge in [-0.25, -0.2) is 0 Å². The van der Waals surface area contributed by atoms with Gasteiger partial charge in [-0.05, 0) is 56.5 Å². The number of hydrogen-bond acceptors (Lipinski definition) is 4. The number of thioether (sulfide) groups is 1. The predicted molar refractivity (Wildman–Crippen MR) is 107 cm³/mol. The summed E-state index contributed by atoms with van der Waals surface area (Å²) in [7, 11) is 0. The molecule has 3 amide bonds. The number of amidine groups is 1. The number of benzene rings is 1. The molecule has 0 unspecified atom stereocenters. The van der Waals surface area contributed by atoms with Crippen molar-refractivity contribution in [1.29, 1.82) is 0 Å². The first-order valence-corrected chi connectivity index (χ1v) is 9.74. The Labute approximate surface area is 162 Å². The molecule has 1 N–H and O–H groups in total. The highest BCUT2D eigenvalue weighted by molar-refractivity contribution is 8.18. The van der Waals surface area contributed by atoms with Crippen LogP contribution in [0.5, 0.6) is 0 Å². The van der Waals surface area contributed by atoms with Gasteiger partial charge in [0.2, 0.25) is 5.91 Å². The molecule has 3 aliphatic heterocycles. The molecule has 1 aromatic carbocycles. The van der Waals surface area contributed by atoms with Gasteiger partial charge >= 0.3 is 0 Å². The fourth-order valence-electron chi connectivity index (χ4n) is 4.37. The Bertz CT molecular complexity index is 990. The maximum atomic E-state index is 13.4. The van der Waals surface area contributed by atoms with Gasteiger partial charge in [-0.3, -0.25) is 14.4 Å². The Morgan fingerprint density at radius 3 is 2.70 bits per heavy atom. The van der Waals surface area contributed by atoms with Crippen LogP contribution in [0.25, 0.3) is 5.57 Å². The lowest BCUT2D eigenvalue weighted by molar-refractivity contribution is -0.117. The lowest BCUT2D eigenvalue weighted by Gasteiger charge is -2.43. The first-order valence-electron chi connectivity index (χ1n) is 8.92. The van der Waals surface area contributed by atoms with Gasteiger partial charge in [0, 0.05) is 18.0 Å². The average molecular weight is 383 g/mol. The Morgan fingerprint density at radius 2 is 2.04 bits per heavy atom. The van der Waals surface area contributed by atoms with Gasteiger partial charge in [-0.1, -0.05) is 18.6 Å². The molecule has 0 radical (unpaired) electrons. The fraction of sp³-hybridized carbons (Fsp3) is 0.400. The quantitative estimate of drug-likeness (QED) is 0.698. The van der Waals surface area contributed by atoms with Gasteiger partial charge in [0.15, 0.2) is 5.17 Å². The standard InChI is InChI=1S/C20H21N3O3S/c1-9-6-12-10(2)8-20(4,5)23-15(12)13(7-9)14(18(23)26)16-17(25)22-19(27-16)21-11(3)24/h6-7,10H,8H2,1-5H3,(H,21,22,24,25)/b16-14-/t10-/m1/s1. The summed E-state index contributed by atoms with van der Waals surface area (Å²) in [6.07, 6.45) is 0.853. The minimum absolute atomic E-state index is 0.163. The van der Waals surface area contributed by atoms with E-state index in [0.717, 1.165) is 40.6 Å². The first kappa shape index (κ1) is 18.0. The van der Waals surface area contributed by atoms with E-state index in [1.807, 2.05) is 17.9 Å². The lowest BCUT2D eigenvalue weighted by atomic mass is 9.80. The maximum Gasteiger partial charge on any atom is 0.287 e. The van der Waals surface area contributed by atoms with Crippen LogP contribution < -0.4 is 10.2 Å². The van der Waals surface area contributed by atoms with E-state index in [-0.39, 0.29) is 27.4 Å². The smallest absolute Gasteiger partial charge is 0.287 e. The van der Waals surface area contributed by atoms with Crippen LogP contribution in [0.15, 0.2) is 22.0 Å². The molecule has 0 saturated heterocycles. The van der Waals surface area contributed by atoms with Gasteiger partial charge in [0.1, 0.15) is 0 Å². The van der Waals surface area contributed by atoms with E-state index in [1.165, 1.54) is 6.92 Å². The third-order valence-corrected chi connectivity index (χ3v) is 6.21. The van der Waals surface area contributed by atoms with Gasteiger partial charge < -0.3 is 10.2 Å². The molecule has 27 heavy (non-hydrogen) atoms. The average Bonchev–Trinajstić information content (AvgIpc) is 3.01. The topological polar surface area (TPSA) is 78.8 Å². The highest BCUT2D eigenvalue weighted by atomic mass is 32.2. The molecule has 0 spiro atoms. The highest BCUT2D eigenvalue weighted by Crippen LogP contribution is 2.53. The molecule has 4 rings (SSSR count). The lowest BCUT2D eigenvalue weighted by Crippen LogP contribution is -2.49. The molecule has 1 aromatic rings. The molecule has 6 nitrogen and oxygen atoms in total. The van der Waals surface area contributed by atoms with Crippen molar-refractivity contribution in [3.63, 3.8) is 0 Å². The Balaban J connectivity index is 1.92. The number of anilines is 1. The largest absolute Gasteiger partial charge is 0.305 e. The summed E-state index contributed by atoms with van der Waals surface area (Å²) >= 11 is 1.06. The minimum Gasteiger partial charge on any atom is -0.305 e. The zero-order chi connectivity index (χ0) is 19.7. The van der Waals surface area contributed by atoms with Crippen molar-refractivity contribution >= 4 is 45.9 Å². The van der Waals surface area contributed by atoms with E-state index in [9.17, 15) is 14.4 Å². The van der Waals surface area contributed by atoms with Crippen molar-refractivity contribution in [2.24, 2.45) is 4.99 Å². The van der Waals surface area contributed by atoms with Crippen LogP contribution >= 0.6 is 11.8 Å². The Morgan fingerprint density at radius 1 is 1.33 bits per heavy atom. The SMILES string of the molecule is CC(=O)NC1=NC(=O)/C(=C2/C(=O)N3c4c2cc(C)cc4[C@H](C)CC3(C)C)S1. The second-order valence-electron chi connectivity index (χ2n) is 8.02. The highest BCUT2D eigenvalue weighted by Gasteiger charge is 2.49. The first-order chi connectivity index (χ1) is 12.6. The van der Waals surface area contributed by atoms with Crippen molar-refractivity contribution < 1.29 is 14.4 Å². The number of nitrogens with zero attached hydrogens (tertiary/aromatic N) is 2. The van der Waals surface area contributed by atoms with E-state index in [0.29, 0.717) is 11.5 Å². The molecule has 0 fully saturated rings. The van der Waals surface area contributed by atoms with Crippen LogP contribution in [0.4, 0.5) is 5.69 Å². The Hall–Kier alpha value is -2.41. The molecule has 140 valence electrons. The zero-order valence-corrected chi connectivity index (χ0v) is 16.8. The molecule has 3 heterocycles. The summed E-state index contributed by atoms with van der Waals surface area (Å²) in [4.78, 5) is 43.3. The molecule has 0 aromatic heterocycles. The third-order valence-electron chi connectivity index (χ3n) is 5.24. The van der Waals surface area contributed by atoms with E-state index in [2.05, 4.69) is 37.1 Å². The van der Waals surface area contributed by atoms with E-state index >= 15 is 0 Å². The maximum absolute atomic E-state index is 13.4. The minimum atomic E-state index is -0.479. The summed E-state index contributed by atoms with van der Waals surface area (Å²) in [5.74, 6) is -0.622. The number of carbonyl (C=O) groups is 3. The summed E-state index contributed by atoms with van der Waals surface area (Å²) in [5.41, 5.74) is 3.97. The van der Waals surface area contributed by atoms with Gasteiger partial charge in [0.25, 0.3) is 11.8 Å². The van der Waals surface area contributed by atoms with E-state index < -0.39 is 5.91 Å². The summed E-state index contributed by atoms with van der Waals surface area (Å²) in [6.45, 7) is 9.66.